The molecule has 0 aliphatic heterocycles. The van der Waals surface area contributed by atoms with Crippen LogP contribution in [0, 0.1) is 0 Å². The van der Waals surface area contributed by atoms with Crippen molar-refractivity contribution < 1.29 is 31.8 Å². The highest BCUT2D eigenvalue weighted by Crippen LogP contribution is 2.30. The lowest BCUT2D eigenvalue weighted by Crippen LogP contribution is -2.60. The Kier molecular flexibility index (Phi) is 11.4. The van der Waals surface area contributed by atoms with Crippen LogP contribution < -0.4 is 5.32 Å². The normalized spacial score (nSPS) is 14.2. The van der Waals surface area contributed by atoms with E-state index >= 15 is 0 Å². The first-order chi connectivity index (χ1) is 13.4. The van der Waals surface area contributed by atoms with Gasteiger partial charge in [-0.2, -0.15) is 0 Å². The van der Waals surface area contributed by atoms with Gasteiger partial charge in [0.05, 0.1) is 6.04 Å². The molecule has 176 valence electrons. The molecule has 0 aromatic rings. The number of hydrogen-bond acceptors (Lipinski definition) is 6. The number of hydrogen-bond donors (Lipinski definition) is 2. The minimum absolute atomic E-state index is 0.0512. The van der Waals surface area contributed by atoms with Crippen LogP contribution >= 0.6 is 0 Å². The van der Waals surface area contributed by atoms with Crippen molar-refractivity contribution in [1.29, 1.82) is 0 Å². The minimum atomic E-state index is -2.97. The van der Waals surface area contributed by atoms with Crippen molar-refractivity contribution in [3.8, 4) is 0 Å². The molecule has 0 radical (unpaired) electrons. The monoisotopic (exact) mass is 495 g/mol. The van der Waals surface area contributed by atoms with Crippen molar-refractivity contribution in [2.24, 2.45) is 0 Å². The molecule has 1 unspecified atom stereocenters. The molecule has 1 amide bonds. The first kappa shape index (κ1) is 29.2. The maximum absolute atomic E-state index is 11.4. The summed E-state index contributed by atoms with van der Waals surface area (Å²) in [6.07, 6.45) is 1.00. The Balaban J connectivity index is 5.49. The van der Waals surface area contributed by atoms with Gasteiger partial charge in [-0.15, -0.1) is 0 Å². The van der Waals surface area contributed by atoms with E-state index in [2.05, 4.69) is 70.8 Å². The van der Waals surface area contributed by atoms with Crippen LogP contribution in [-0.4, -0.2) is 63.6 Å². The molecule has 0 saturated carbocycles. The van der Waals surface area contributed by atoms with Crippen LogP contribution in [0.25, 0.3) is 0 Å². The average Bonchev–Trinajstić information content (AvgIpc) is 2.45. The van der Waals surface area contributed by atoms with E-state index < -0.39 is 51.9 Å². The number of ether oxygens (including phenoxy) is 1. The summed E-state index contributed by atoms with van der Waals surface area (Å²) in [7, 11) is -8.87. The molecule has 0 aromatic heterocycles. The van der Waals surface area contributed by atoms with Gasteiger partial charge in [-0.05, 0) is 71.8 Å². The molecular formula is C18H41NO7Si4. The Morgan fingerprint density at radius 2 is 1.37 bits per heavy atom. The van der Waals surface area contributed by atoms with Crippen LogP contribution in [0.15, 0.2) is 12.7 Å². The molecule has 0 aliphatic carbocycles. The third-order valence-corrected chi connectivity index (χ3v) is 15.4. The summed E-state index contributed by atoms with van der Waals surface area (Å²) in [6, 6.07) is 0.0719. The Labute approximate surface area is 186 Å². The van der Waals surface area contributed by atoms with Gasteiger partial charge in [0.2, 0.25) is 0 Å². The van der Waals surface area contributed by atoms with E-state index in [0.29, 0.717) is 18.9 Å². The maximum atomic E-state index is 11.4. The molecule has 0 aromatic carbocycles. The van der Waals surface area contributed by atoms with Crippen LogP contribution in [0.1, 0.15) is 12.8 Å². The predicted octanol–water partition coefficient (Wildman–Crippen LogP) is 4.63. The molecule has 0 saturated heterocycles. The van der Waals surface area contributed by atoms with E-state index in [-0.39, 0.29) is 6.61 Å². The molecule has 0 fully saturated rings. The number of nitrogens with one attached hydrogen (secondary N) is 1. The summed E-state index contributed by atoms with van der Waals surface area (Å²) in [5, 5.41) is 11.5. The quantitative estimate of drug-likeness (QED) is 0.206. The fraction of sp³-hybridized carbons (Fsp3) is 0.778. The lowest BCUT2D eigenvalue weighted by atomic mass is 10.2. The molecule has 8 nitrogen and oxygen atoms in total. The van der Waals surface area contributed by atoms with Crippen molar-refractivity contribution in [2.75, 3.05) is 6.61 Å². The van der Waals surface area contributed by atoms with E-state index in [9.17, 15) is 9.59 Å². The van der Waals surface area contributed by atoms with Gasteiger partial charge >= 0.3 is 20.9 Å². The molecule has 0 heterocycles. The molecule has 0 bridgehead atoms. The van der Waals surface area contributed by atoms with E-state index in [1.54, 1.807) is 0 Å². The highest BCUT2D eigenvalue weighted by molar-refractivity contribution is 6.90. The van der Waals surface area contributed by atoms with Gasteiger partial charge in [-0.3, -0.25) is 0 Å². The summed E-state index contributed by atoms with van der Waals surface area (Å²) < 4.78 is 24.9. The van der Waals surface area contributed by atoms with Crippen molar-refractivity contribution >= 4 is 45.8 Å². The van der Waals surface area contributed by atoms with Crippen LogP contribution in [0.2, 0.25) is 65.0 Å². The second-order valence-electron chi connectivity index (χ2n) is 10.2. The van der Waals surface area contributed by atoms with Crippen molar-refractivity contribution in [3.05, 3.63) is 12.7 Å². The highest BCUT2D eigenvalue weighted by atomic mass is 28.5. The number of carbonyl (C=O) groups is 2. The van der Waals surface area contributed by atoms with Gasteiger partial charge in [0.25, 0.3) is 0 Å². The molecule has 2 N–H and O–H groups in total. The van der Waals surface area contributed by atoms with Gasteiger partial charge in [0.1, 0.15) is 6.61 Å². The third-order valence-electron chi connectivity index (χ3n) is 3.34. The topological polar surface area (TPSA) is 103 Å². The number of esters is 1. The molecular weight excluding hydrogens is 455 g/mol. The average molecular weight is 496 g/mol. The smallest absolute Gasteiger partial charge is 0.465 e. The van der Waals surface area contributed by atoms with Gasteiger partial charge in [0, 0.05) is 12.1 Å². The van der Waals surface area contributed by atoms with E-state index in [4.69, 9.17) is 22.2 Å². The van der Waals surface area contributed by atoms with Gasteiger partial charge in [-0.25, -0.2) is 9.59 Å². The summed E-state index contributed by atoms with van der Waals surface area (Å²) in [5.41, 5.74) is 0. The Hall–Kier alpha value is -0.772. The zero-order chi connectivity index (χ0) is 23.8. The molecule has 30 heavy (non-hydrogen) atoms. The summed E-state index contributed by atoms with van der Waals surface area (Å²) in [5.74, 6) is -0.581. The van der Waals surface area contributed by atoms with Gasteiger partial charge in [-0.1, -0.05) is 6.58 Å². The van der Waals surface area contributed by atoms with Crippen LogP contribution in [0.5, 0.6) is 0 Å². The first-order valence-corrected chi connectivity index (χ1v) is 22.4. The minimum Gasteiger partial charge on any atom is -0.465 e. The van der Waals surface area contributed by atoms with Gasteiger partial charge < -0.3 is 27.5 Å². The summed E-state index contributed by atoms with van der Waals surface area (Å²) in [6.45, 7) is 22.4. The van der Waals surface area contributed by atoms with Gasteiger partial charge in [0.15, 0.2) is 25.0 Å². The molecule has 0 spiro atoms. The lowest BCUT2D eigenvalue weighted by molar-refractivity contribution is -0.138. The number of amides is 1. The summed E-state index contributed by atoms with van der Waals surface area (Å²) >= 11 is 0. The van der Waals surface area contributed by atoms with E-state index in [1.807, 2.05) is 0 Å². The third kappa shape index (κ3) is 15.1. The highest BCUT2D eigenvalue weighted by Gasteiger charge is 2.49. The molecule has 1 atom stereocenters. The molecule has 0 aliphatic rings. The maximum Gasteiger partial charge on any atom is 0.469 e. The second kappa shape index (κ2) is 11.7. The largest absolute Gasteiger partial charge is 0.469 e. The molecule has 12 heteroatoms. The van der Waals surface area contributed by atoms with Crippen molar-refractivity contribution in [1.82, 2.24) is 5.32 Å². The predicted molar refractivity (Wildman–Crippen MR) is 129 cm³/mol. The Morgan fingerprint density at radius 1 is 0.933 bits per heavy atom. The number of carboxylic acid groups (broad SMARTS) is 1. The fourth-order valence-corrected chi connectivity index (χ4v) is 17.5. The van der Waals surface area contributed by atoms with E-state index in [0.717, 1.165) is 6.08 Å². The molecule has 0 rings (SSSR count). The zero-order valence-corrected chi connectivity index (χ0v) is 24.1. The van der Waals surface area contributed by atoms with E-state index in [1.165, 1.54) is 0 Å². The SMILES string of the molecule is C=CC(=O)OCC(CCC[Si](O[Si](C)(C)C)(O[Si](C)(C)C)O[Si](C)(C)C)NC(=O)O. The van der Waals surface area contributed by atoms with Crippen LogP contribution in [0.3, 0.4) is 0 Å². The first-order valence-electron chi connectivity index (χ1n) is 10.3. The number of carbonyl (C=O) groups excluding carboxylic acids is 1. The van der Waals surface area contributed by atoms with Crippen LogP contribution in [-0.2, 0) is 21.9 Å². The Morgan fingerprint density at radius 3 is 1.70 bits per heavy atom. The van der Waals surface area contributed by atoms with Crippen molar-refractivity contribution in [3.63, 3.8) is 0 Å². The summed E-state index contributed by atoms with van der Waals surface area (Å²) in [4.78, 5) is 22.5. The lowest BCUT2D eigenvalue weighted by Gasteiger charge is -2.43. The number of rotatable bonds is 14. The second-order valence-corrected chi connectivity index (χ2v) is 27.2. The zero-order valence-electron chi connectivity index (χ0n) is 20.1. The van der Waals surface area contributed by atoms with Crippen LogP contribution in [0.4, 0.5) is 4.79 Å². The fourth-order valence-electron chi connectivity index (χ4n) is 2.79. The van der Waals surface area contributed by atoms with Crippen molar-refractivity contribution in [2.45, 2.75) is 83.9 Å². The standard InChI is InChI=1S/C18H41NO7Si4/c1-11-17(20)23-15-16(19-18(21)22)13-12-14-30(24-27(2,3)4,25-28(5,6)7)26-29(8,9)10/h11,16,19H,1,12-15H2,2-10H3,(H,21,22). The Bertz CT molecular complexity index is 542.